The second-order valence-corrected chi connectivity index (χ2v) is 15.8. The van der Waals surface area contributed by atoms with Crippen molar-refractivity contribution in [2.45, 2.75) is 75.4 Å². The van der Waals surface area contributed by atoms with Crippen LogP contribution in [0.25, 0.3) is 0 Å². The van der Waals surface area contributed by atoms with E-state index in [0.29, 0.717) is 29.8 Å². The van der Waals surface area contributed by atoms with Gasteiger partial charge in [0.25, 0.3) is 0 Å². The number of alkyl carbamates (subject to hydrolysis) is 1. The van der Waals surface area contributed by atoms with Gasteiger partial charge in [-0.25, -0.2) is 13.2 Å². The van der Waals surface area contributed by atoms with Gasteiger partial charge in [0.15, 0.2) is 22.9 Å². The molecular weight excluding hydrogens is 673 g/mol. The summed E-state index contributed by atoms with van der Waals surface area (Å²) in [4.78, 5) is 13.3. The number of unbranched alkanes of at least 4 members (excludes halogenated alkanes) is 1. The first kappa shape index (κ1) is 37.1. The molecule has 3 aliphatic rings. The summed E-state index contributed by atoms with van der Waals surface area (Å²) < 4.78 is 57.7. The smallest absolute Gasteiger partial charge is 0.407 e. The molecule has 0 bridgehead atoms. The monoisotopic (exact) mass is 720 g/mol. The zero-order valence-corrected chi connectivity index (χ0v) is 29.9. The maximum atomic E-state index is 14.3. The zero-order chi connectivity index (χ0) is 35.0. The molecule has 2 aromatic rings. The number of thiocarbonyl (C=S) groups is 1. The molecule has 2 aromatic carbocycles. The van der Waals surface area contributed by atoms with Gasteiger partial charge in [-0.1, -0.05) is 50.6 Å². The molecule has 2 saturated heterocycles. The zero-order valence-electron chi connectivity index (χ0n) is 28.3. The van der Waals surface area contributed by atoms with Gasteiger partial charge in [0.1, 0.15) is 6.10 Å². The summed E-state index contributed by atoms with van der Waals surface area (Å²) in [6, 6.07) is 13.0. The van der Waals surface area contributed by atoms with E-state index >= 15 is 0 Å². The Morgan fingerprint density at radius 3 is 2.67 bits per heavy atom. The third-order valence-corrected chi connectivity index (χ3v) is 11.2. The number of aliphatic hydroxyl groups is 1. The average molecular weight is 721 g/mol. The Morgan fingerprint density at radius 2 is 1.90 bits per heavy atom. The summed E-state index contributed by atoms with van der Waals surface area (Å²) in [6.07, 6.45) is 0.495. The average Bonchev–Trinajstić information content (AvgIpc) is 3.83. The van der Waals surface area contributed by atoms with E-state index in [2.05, 4.69) is 16.0 Å². The van der Waals surface area contributed by atoms with E-state index in [4.69, 9.17) is 35.9 Å². The van der Waals surface area contributed by atoms with Crippen LogP contribution in [0.5, 0.6) is 11.5 Å². The topological polar surface area (TPSA) is 157 Å². The number of rotatable bonds is 16. The van der Waals surface area contributed by atoms with Crippen molar-refractivity contribution >= 4 is 33.4 Å². The number of carbonyl (C=O) groups is 1. The highest BCUT2D eigenvalue weighted by Gasteiger charge is 2.44. The Labute approximate surface area is 294 Å². The minimum Gasteiger partial charge on any atom is -0.454 e. The highest BCUT2D eigenvalue weighted by atomic mass is 32.2. The first-order chi connectivity index (χ1) is 23.4. The molecule has 13 nitrogen and oxygen atoms in total. The maximum absolute atomic E-state index is 14.3. The summed E-state index contributed by atoms with van der Waals surface area (Å²) in [6.45, 7) is 5.32. The van der Waals surface area contributed by atoms with Crippen molar-refractivity contribution in [1.29, 1.82) is 0 Å². The van der Waals surface area contributed by atoms with E-state index in [1.54, 1.807) is 13.1 Å². The number of sulfonamides is 1. The number of nitrogens with zero attached hydrogens (tertiary/aromatic N) is 1. The minimum atomic E-state index is -4.14. The second kappa shape index (κ2) is 16.7. The molecule has 0 aliphatic carbocycles. The quantitative estimate of drug-likeness (QED) is 0.149. The number of hydrogen-bond acceptors (Lipinski definition) is 10. The molecule has 3 aliphatic heterocycles. The van der Waals surface area contributed by atoms with Crippen LogP contribution in [-0.2, 0) is 30.7 Å². The molecule has 0 unspecified atom stereocenters. The molecule has 4 N–H and O–H groups in total. The SMILES string of the molecule is CNC(=S)NCCCCC(C)(C)CN(C[C@@H](O)[C@H](Cc1ccccc1)NC(=O)O[C@H]1CO[C@H]2OCC[C@H]21)S(=O)(=O)c1ccc2c(c1)OCO2. The lowest BCUT2D eigenvalue weighted by atomic mass is 9.87. The fourth-order valence-corrected chi connectivity index (χ4v) is 8.13. The third kappa shape index (κ3) is 9.95. The number of aliphatic hydroxyl groups excluding tert-OH is 1. The number of amides is 1. The minimum absolute atomic E-state index is 0.00648. The Kier molecular flexibility index (Phi) is 12.6. The Balaban J connectivity index is 1.34. The molecule has 1 amide bonds. The van der Waals surface area contributed by atoms with Gasteiger partial charge in [-0.3, -0.25) is 0 Å². The van der Waals surface area contributed by atoms with Crippen LogP contribution in [0, 0.1) is 11.3 Å². The lowest BCUT2D eigenvalue weighted by Gasteiger charge is -2.35. The van der Waals surface area contributed by atoms with Crippen molar-refractivity contribution < 1.29 is 42.0 Å². The van der Waals surface area contributed by atoms with Crippen LogP contribution in [0.15, 0.2) is 53.4 Å². The van der Waals surface area contributed by atoms with Crippen LogP contribution >= 0.6 is 12.2 Å². The fourth-order valence-electron chi connectivity index (χ4n) is 6.37. The molecule has 2 fully saturated rings. The summed E-state index contributed by atoms with van der Waals surface area (Å²) in [5, 5.41) is 21.2. The number of benzene rings is 2. The summed E-state index contributed by atoms with van der Waals surface area (Å²) in [7, 11) is -2.38. The third-order valence-electron chi connectivity index (χ3n) is 9.08. The van der Waals surface area contributed by atoms with Gasteiger partial charge in [0.2, 0.25) is 16.8 Å². The first-order valence-corrected chi connectivity index (χ1v) is 18.6. The van der Waals surface area contributed by atoms with Crippen LogP contribution in [0.1, 0.15) is 45.1 Å². The van der Waals surface area contributed by atoms with E-state index in [1.807, 2.05) is 44.2 Å². The van der Waals surface area contributed by atoms with Gasteiger partial charge in [-0.05, 0) is 61.0 Å². The van der Waals surface area contributed by atoms with Crippen molar-refractivity contribution in [3.8, 4) is 11.5 Å². The van der Waals surface area contributed by atoms with E-state index in [9.17, 15) is 18.3 Å². The maximum Gasteiger partial charge on any atom is 0.407 e. The summed E-state index contributed by atoms with van der Waals surface area (Å²) in [5.41, 5.74) is 0.396. The van der Waals surface area contributed by atoms with Crippen molar-refractivity contribution in [3.05, 3.63) is 54.1 Å². The molecule has 0 spiro atoms. The van der Waals surface area contributed by atoms with E-state index in [-0.39, 0.29) is 50.0 Å². The number of nitrogens with one attached hydrogen (secondary N) is 3. The number of carbonyl (C=O) groups excluding carboxylic acids is 1. The number of fused-ring (bicyclic) bond motifs is 2. The van der Waals surface area contributed by atoms with Crippen LogP contribution < -0.4 is 25.4 Å². The van der Waals surface area contributed by atoms with Crippen LogP contribution in [0.2, 0.25) is 0 Å². The largest absolute Gasteiger partial charge is 0.454 e. The first-order valence-electron chi connectivity index (χ1n) is 16.7. The normalized spacial score (nSPS) is 21.2. The van der Waals surface area contributed by atoms with Gasteiger partial charge in [0.05, 0.1) is 36.2 Å². The molecular formula is C34H48N4O9S2. The lowest BCUT2D eigenvalue weighted by Crippen LogP contribution is -2.52. The van der Waals surface area contributed by atoms with Crippen LogP contribution in [0.4, 0.5) is 4.79 Å². The van der Waals surface area contributed by atoms with Crippen LogP contribution in [-0.4, -0.2) is 100 Å². The summed E-state index contributed by atoms with van der Waals surface area (Å²) >= 11 is 5.15. The Hall–Kier alpha value is -3.21. The standard InChI is InChI=1S/C34H48N4O9S2/c1-34(2,14-7-8-15-36-32(48)35-3)21-38(49(41,42)24-11-12-28-29(18-24)46-22-45-28)19-27(39)26(17-23-9-5-4-6-10-23)37-33(40)47-30-20-44-31-25(30)13-16-43-31/h4-6,9-12,18,25-27,30-31,39H,7-8,13-17,19-22H2,1-3H3,(H,37,40)(H2,35,36,48)/t25-,26-,27+,30-,31+/m0/s1. The molecule has 3 heterocycles. The fraction of sp³-hybridized carbons (Fsp3) is 0.588. The van der Waals surface area contributed by atoms with E-state index in [1.165, 1.54) is 16.4 Å². The lowest BCUT2D eigenvalue weighted by molar-refractivity contribution is -0.0907. The van der Waals surface area contributed by atoms with Crippen molar-refractivity contribution in [2.75, 3.05) is 46.7 Å². The predicted octanol–water partition coefficient (Wildman–Crippen LogP) is 3.16. The Bertz CT molecular complexity index is 1530. The molecule has 0 radical (unpaired) electrons. The van der Waals surface area contributed by atoms with Gasteiger partial charge in [0, 0.05) is 32.7 Å². The van der Waals surface area contributed by atoms with E-state index < -0.39 is 39.8 Å². The summed E-state index contributed by atoms with van der Waals surface area (Å²) in [5.74, 6) is 0.750. The number of hydrogen-bond donors (Lipinski definition) is 4. The second-order valence-electron chi connectivity index (χ2n) is 13.4. The molecule has 5 atom stereocenters. The molecule has 0 aromatic heterocycles. The van der Waals surface area contributed by atoms with Crippen LogP contribution in [0.3, 0.4) is 0 Å². The molecule has 5 rings (SSSR count). The van der Waals surface area contributed by atoms with Crippen molar-refractivity contribution in [3.63, 3.8) is 0 Å². The molecule has 0 saturated carbocycles. The Morgan fingerprint density at radius 1 is 1.12 bits per heavy atom. The van der Waals surface area contributed by atoms with Gasteiger partial charge in [-0.15, -0.1) is 0 Å². The van der Waals surface area contributed by atoms with Crippen molar-refractivity contribution in [2.24, 2.45) is 11.3 Å². The molecule has 49 heavy (non-hydrogen) atoms. The van der Waals surface area contributed by atoms with Crippen molar-refractivity contribution in [1.82, 2.24) is 20.3 Å². The molecule has 15 heteroatoms. The van der Waals surface area contributed by atoms with Gasteiger partial charge >= 0.3 is 6.09 Å². The van der Waals surface area contributed by atoms with Gasteiger partial charge in [-0.2, -0.15) is 4.31 Å². The highest BCUT2D eigenvalue weighted by molar-refractivity contribution is 7.89. The van der Waals surface area contributed by atoms with Gasteiger partial charge < -0.3 is 44.7 Å². The highest BCUT2D eigenvalue weighted by Crippen LogP contribution is 2.36. The van der Waals surface area contributed by atoms with E-state index in [0.717, 1.165) is 31.2 Å². The predicted molar refractivity (Wildman–Crippen MR) is 186 cm³/mol. The molecule has 270 valence electrons. The number of ether oxygens (including phenoxy) is 5.